The van der Waals surface area contributed by atoms with Crippen LogP contribution in [0.4, 0.5) is 0 Å². The molecule has 3 saturated heterocycles. The lowest BCUT2D eigenvalue weighted by atomic mass is 10.0. The Morgan fingerprint density at radius 3 is 2.93 bits per heavy atom. The van der Waals surface area contributed by atoms with Crippen molar-refractivity contribution in [2.45, 2.75) is 56.8 Å². The largest absolute Gasteiger partial charge is 0.467 e. The van der Waals surface area contributed by atoms with Crippen molar-refractivity contribution in [3.8, 4) is 0 Å². The normalized spacial score (nSPS) is 26.8. The highest BCUT2D eigenvalue weighted by Crippen LogP contribution is 2.26. The van der Waals surface area contributed by atoms with Gasteiger partial charge in [0.1, 0.15) is 5.76 Å². The Morgan fingerprint density at radius 2 is 2.17 bits per heavy atom. The van der Waals surface area contributed by atoms with Crippen LogP contribution in [0.5, 0.6) is 0 Å². The number of carbonyl (C=O) groups excluding carboxylic acids is 2. The van der Waals surface area contributed by atoms with Gasteiger partial charge in [0.05, 0.1) is 18.8 Å². The molecule has 3 unspecified atom stereocenters. The molecule has 0 saturated carbocycles. The summed E-state index contributed by atoms with van der Waals surface area (Å²) in [6, 6.07) is 3.89. The monoisotopic (exact) mass is 419 g/mol. The van der Waals surface area contributed by atoms with E-state index in [0.29, 0.717) is 31.0 Å². The molecule has 158 valence electrons. The second-order valence-corrected chi connectivity index (χ2v) is 8.49. The maximum atomic E-state index is 12.4. The number of rotatable bonds is 6. The number of carbonyl (C=O) groups is 2. The van der Waals surface area contributed by atoms with E-state index in [9.17, 15) is 9.59 Å². The lowest BCUT2D eigenvalue weighted by Gasteiger charge is -2.37. The number of likely N-dealkylation sites (tertiary alicyclic amines) is 1. The predicted molar refractivity (Wildman–Crippen MR) is 112 cm³/mol. The van der Waals surface area contributed by atoms with Gasteiger partial charge in [0.15, 0.2) is 5.11 Å². The zero-order valence-electron chi connectivity index (χ0n) is 16.6. The third-order valence-electron chi connectivity index (χ3n) is 6.11. The number of nitrogens with one attached hydrogen (secondary N) is 3. The van der Waals surface area contributed by atoms with Gasteiger partial charge < -0.3 is 25.3 Å². The molecule has 3 aliphatic rings. The van der Waals surface area contributed by atoms with Crippen molar-refractivity contribution in [2.75, 3.05) is 26.2 Å². The zero-order valence-corrected chi connectivity index (χ0v) is 17.4. The first-order valence-corrected chi connectivity index (χ1v) is 10.9. The van der Waals surface area contributed by atoms with Gasteiger partial charge in [-0.1, -0.05) is 0 Å². The standard InChI is InChI=1S/C20H29N5O3S/c26-18(24-7-1-2-8-24)6-5-15-11-21-19(27)17-10-14(13-25(15)17)23-20(29)22-12-16-4-3-9-28-16/h3-4,9,14-15,17H,1-2,5-8,10-13H2,(H,21,27)(H2,22,23,29). The Labute approximate surface area is 176 Å². The van der Waals surface area contributed by atoms with E-state index in [2.05, 4.69) is 20.9 Å². The molecular formula is C20H29N5O3S. The van der Waals surface area contributed by atoms with Gasteiger partial charge in [-0.15, -0.1) is 0 Å². The van der Waals surface area contributed by atoms with Crippen molar-refractivity contribution in [3.63, 3.8) is 0 Å². The highest BCUT2D eigenvalue weighted by molar-refractivity contribution is 7.80. The zero-order chi connectivity index (χ0) is 20.2. The van der Waals surface area contributed by atoms with E-state index in [4.69, 9.17) is 16.6 Å². The van der Waals surface area contributed by atoms with Crippen LogP contribution in [0, 0.1) is 0 Å². The summed E-state index contributed by atoms with van der Waals surface area (Å²) in [6.45, 7) is 3.67. The summed E-state index contributed by atoms with van der Waals surface area (Å²) in [6.07, 6.45) is 5.90. The van der Waals surface area contributed by atoms with E-state index < -0.39 is 0 Å². The highest BCUT2D eigenvalue weighted by Gasteiger charge is 2.43. The maximum absolute atomic E-state index is 12.4. The molecule has 3 atom stereocenters. The van der Waals surface area contributed by atoms with E-state index in [1.807, 2.05) is 17.0 Å². The van der Waals surface area contributed by atoms with Crippen LogP contribution in [0.1, 0.15) is 37.9 Å². The number of thiocarbonyl (C=S) groups is 1. The van der Waals surface area contributed by atoms with Crippen molar-refractivity contribution in [1.82, 2.24) is 25.8 Å². The van der Waals surface area contributed by atoms with Gasteiger partial charge in [-0.25, -0.2) is 0 Å². The van der Waals surface area contributed by atoms with Crippen LogP contribution < -0.4 is 16.0 Å². The third kappa shape index (κ3) is 4.90. The van der Waals surface area contributed by atoms with Crippen molar-refractivity contribution >= 4 is 29.1 Å². The first-order chi connectivity index (χ1) is 14.1. The summed E-state index contributed by atoms with van der Waals surface area (Å²) in [7, 11) is 0. The van der Waals surface area contributed by atoms with Crippen LogP contribution in [0.3, 0.4) is 0 Å². The van der Waals surface area contributed by atoms with E-state index in [1.54, 1.807) is 6.26 Å². The van der Waals surface area contributed by atoms with Gasteiger partial charge in [-0.3, -0.25) is 14.5 Å². The van der Waals surface area contributed by atoms with Crippen LogP contribution in [-0.2, 0) is 16.1 Å². The summed E-state index contributed by atoms with van der Waals surface area (Å²) in [5, 5.41) is 10.1. The molecule has 0 aliphatic carbocycles. The number of fused-ring (bicyclic) bond motifs is 1. The quantitative estimate of drug-likeness (QED) is 0.582. The molecule has 29 heavy (non-hydrogen) atoms. The maximum Gasteiger partial charge on any atom is 0.237 e. The van der Waals surface area contributed by atoms with E-state index in [-0.39, 0.29) is 29.9 Å². The van der Waals surface area contributed by atoms with E-state index >= 15 is 0 Å². The number of furan rings is 1. The Morgan fingerprint density at radius 1 is 1.34 bits per heavy atom. The predicted octanol–water partition coefficient (Wildman–Crippen LogP) is 0.588. The van der Waals surface area contributed by atoms with Crippen LogP contribution in [0.15, 0.2) is 22.8 Å². The number of hydrogen-bond donors (Lipinski definition) is 3. The Kier molecular flexibility index (Phi) is 6.34. The molecule has 0 radical (unpaired) electrons. The highest BCUT2D eigenvalue weighted by atomic mass is 32.1. The topological polar surface area (TPSA) is 89.9 Å². The molecule has 2 amide bonds. The molecule has 0 bridgehead atoms. The van der Waals surface area contributed by atoms with Crippen LogP contribution in [0.2, 0.25) is 0 Å². The SMILES string of the molecule is O=C1NCC(CCC(=O)N2CCCC2)N2CC(NC(=S)NCc3ccco3)CC12. The number of amides is 2. The number of nitrogens with zero attached hydrogens (tertiary/aromatic N) is 2. The molecule has 4 rings (SSSR count). The minimum absolute atomic E-state index is 0.0749. The van der Waals surface area contributed by atoms with Gasteiger partial charge in [0, 0.05) is 44.7 Å². The van der Waals surface area contributed by atoms with Crippen molar-refractivity contribution < 1.29 is 14.0 Å². The summed E-state index contributed by atoms with van der Waals surface area (Å²) in [5.41, 5.74) is 0. The van der Waals surface area contributed by atoms with Gasteiger partial charge in [-0.05, 0) is 50.0 Å². The fourth-order valence-electron chi connectivity index (χ4n) is 4.58. The summed E-state index contributed by atoms with van der Waals surface area (Å²) in [4.78, 5) is 29.0. The first-order valence-electron chi connectivity index (χ1n) is 10.5. The molecule has 1 aromatic heterocycles. The molecule has 4 heterocycles. The second-order valence-electron chi connectivity index (χ2n) is 8.08. The molecule has 3 aliphatic heterocycles. The van der Waals surface area contributed by atoms with Crippen LogP contribution in [-0.4, -0.2) is 71.0 Å². The molecule has 0 aromatic carbocycles. The minimum Gasteiger partial charge on any atom is -0.467 e. The Balaban J connectivity index is 1.27. The number of hydrogen-bond acceptors (Lipinski definition) is 5. The smallest absolute Gasteiger partial charge is 0.237 e. The lowest BCUT2D eigenvalue weighted by Crippen LogP contribution is -2.58. The molecular weight excluding hydrogens is 390 g/mol. The Hall–Kier alpha value is -2.13. The van der Waals surface area contributed by atoms with Gasteiger partial charge in [-0.2, -0.15) is 0 Å². The van der Waals surface area contributed by atoms with E-state index in [1.165, 1.54) is 0 Å². The summed E-state index contributed by atoms with van der Waals surface area (Å²) in [5.74, 6) is 1.14. The fraction of sp³-hybridized carbons (Fsp3) is 0.650. The average molecular weight is 420 g/mol. The van der Waals surface area contributed by atoms with Crippen molar-refractivity contribution in [1.29, 1.82) is 0 Å². The molecule has 0 spiro atoms. The van der Waals surface area contributed by atoms with Crippen molar-refractivity contribution in [3.05, 3.63) is 24.2 Å². The summed E-state index contributed by atoms with van der Waals surface area (Å²) >= 11 is 5.40. The molecule has 8 nitrogen and oxygen atoms in total. The molecule has 9 heteroatoms. The molecule has 3 fully saturated rings. The fourth-order valence-corrected chi connectivity index (χ4v) is 4.82. The van der Waals surface area contributed by atoms with E-state index in [0.717, 1.165) is 44.7 Å². The van der Waals surface area contributed by atoms with Gasteiger partial charge in [0.2, 0.25) is 11.8 Å². The average Bonchev–Trinajstić information content (AvgIpc) is 3.47. The minimum atomic E-state index is -0.152. The third-order valence-corrected chi connectivity index (χ3v) is 6.37. The lowest BCUT2D eigenvalue weighted by molar-refractivity contribution is -0.131. The first kappa shape index (κ1) is 20.2. The Bertz CT molecular complexity index is 734. The van der Waals surface area contributed by atoms with Gasteiger partial charge >= 0.3 is 0 Å². The van der Waals surface area contributed by atoms with Crippen LogP contribution >= 0.6 is 12.2 Å². The van der Waals surface area contributed by atoms with Gasteiger partial charge in [0.25, 0.3) is 0 Å². The summed E-state index contributed by atoms with van der Waals surface area (Å²) < 4.78 is 5.30. The molecule has 3 N–H and O–H groups in total. The second kappa shape index (κ2) is 9.13. The number of piperazine rings is 1. The van der Waals surface area contributed by atoms with Crippen molar-refractivity contribution in [2.24, 2.45) is 0 Å². The molecule has 1 aromatic rings. The van der Waals surface area contributed by atoms with Crippen LogP contribution in [0.25, 0.3) is 0 Å².